The van der Waals surface area contributed by atoms with E-state index in [-0.39, 0.29) is 17.9 Å². The quantitative estimate of drug-likeness (QED) is 0.871. The number of hydrogen-bond acceptors (Lipinski definition) is 6. The minimum absolute atomic E-state index is 0.209. The van der Waals surface area contributed by atoms with E-state index in [1.54, 1.807) is 23.9 Å². The Morgan fingerprint density at radius 1 is 1.43 bits per heavy atom. The molecule has 1 saturated heterocycles. The SMILES string of the molecule is Cc1cc(CS(=O)(=O)N[C@H]2CCO[C@@H]2c2cnn(C)c2C)no1. The minimum Gasteiger partial charge on any atom is -0.372 e. The molecule has 1 aliphatic rings. The summed E-state index contributed by atoms with van der Waals surface area (Å²) in [6.07, 6.45) is 2.03. The first-order valence-electron chi connectivity index (χ1n) is 7.38. The molecule has 9 heteroatoms. The number of aromatic nitrogens is 3. The van der Waals surface area contributed by atoms with Crippen LogP contribution in [0.5, 0.6) is 0 Å². The van der Waals surface area contributed by atoms with Gasteiger partial charge in [-0.15, -0.1) is 0 Å². The van der Waals surface area contributed by atoms with Crippen LogP contribution in [-0.2, 0) is 27.6 Å². The molecule has 2 atom stereocenters. The Morgan fingerprint density at radius 2 is 2.22 bits per heavy atom. The van der Waals surface area contributed by atoms with Crippen molar-refractivity contribution in [2.24, 2.45) is 7.05 Å². The summed E-state index contributed by atoms with van der Waals surface area (Å²) in [6.45, 7) is 4.17. The van der Waals surface area contributed by atoms with Crippen LogP contribution in [0.25, 0.3) is 0 Å². The lowest BCUT2D eigenvalue weighted by molar-refractivity contribution is 0.102. The molecule has 0 unspecified atom stereocenters. The van der Waals surface area contributed by atoms with Crippen LogP contribution >= 0.6 is 0 Å². The first kappa shape index (κ1) is 16.2. The third-order valence-electron chi connectivity index (χ3n) is 4.02. The third kappa shape index (κ3) is 3.46. The Morgan fingerprint density at radius 3 is 2.83 bits per heavy atom. The zero-order chi connectivity index (χ0) is 16.6. The van der Waals surface area contributed by atoms with Crippen LogP contribution in [0.4, 0.5) is 0 Å². The van der Waals surface area contributed by atoms with Crippen LogP contribution in [-0.4, -0.2) is 36.0 Å². The molecule has 0 spiro atoms. The summed E-state index contributed by atoms with van der Waals surface area (Å²) in [5.74, 6) is 0.378. The molecule has 2 aromatic heterocycles. The summed E-state index contributed by atoms with van der Waals surface area (Å²) >= 11 is 0. The summed E-state index contributed by atoms with van der Waals surface area (Å²) in [4.78, 5) is 0. The van der Waals surface area contributed by atoms with Gasteiger partial charge in [0.25, 0.3) is 0 Å². The standard InChI is InChI=1S/C14H20N4O4S/c1-9-6-11(16-22-9)8-23(19,20)17-13-4-5-21-14(13)12-7-15-18(3)10(12)2/h6-7,13-14,17H,4-5,8H2,1-3H3/t13-,14+/m0/s1. The van der Waals surface area contributed by atoms with Gasteiger partial charge in [-0.2, -0.15) is 5.10 Å². The van der Waals surface area contributed by atoms with Gasteiger partial charge < -0.3 is 9.26 Å². The van der Waals surface area contributed by atoms with Gasteiger partial charge in [-0.25, -0.2) is 13.1 Å². The molecule has 1 aliphatic heterocycles. The summed E-state index contributed by atoms with van der Waals surface area (Å²) in [6, 6.07) is 1.31. The third-order valence-corrected chi connectivity index (χ3v) is 5.35. The van der Waals surface area contributed by atoms with Gasteiger partial charge in [-0.05, 0) is 20.3 Å². The molecule has 8 nitrogen and oxygen atoms in total. The molecule has 0 aromatic carbocycles. The number of hydrogen-bond donors (Lipinski definition) is 1. The van der Waals surface area contributed by atoms with Crippen molar-refractivity contribution in [2.45, 2.75) is 38.2 Å². The fourth-order valence-corrected chi connectivity index (χ4v) is 4.08. The molecule has 0 aliphatic carbocycles. The lowest BCUT2D eigenvalue weighted by Crippen LogP contribution is -2.37. The Hall–Kier alpha value is -1.71. The second kappa shape index (κ2) is 6.06. The number of rotatable bonds is 5. The maximum atomic E-state index is 12.4. The highest BCUT2D eigenvalue weighted by atomic mass is 32.2. The number of sulfonamides is 1. The summed E-state index contributed by atoms with van der Waals surface area (Å²) < 4.78 is 39.8. The molecular weight excluding hydrogens is 320 g/mol. The molecule has 3 heterocycles. The second-order valence-electron chi connectivity index (χ2n) is 5.80. The van der Waals surface area contributed by atoms with Gasteiger partial charge in [0.2, 0.25) is 10.0 Å². The predicted molar refractivity (Wildman–Crippen MR) is 82.0 cm³/mol. The molecule has 126 valence electrons. The van der Waals surface area contributed by atoms with E-state index < -0.39 is 10.0 Å². The van der Waals surface area contributed by atoms with Gasteiger partial charge >= 0.3 is 0 Å². The van der Waals surface area contributed by atoms with Crippen molar-refractivity contribution in [3.8, 4) is 0 Å². The fourth-order valence-electron chi connectivity index (χ4n) is 2.76. The van der Waals surface area contributed by atoms with Crippen molar-refractivity contribution in [3.05, 3.63) is 35.0 Å². The van der Waals surface area contributed by atoms with Gasteiger partial charge in [0.1, 0.15) is 23.3 Å². The van der Waals surface area contributed by atoms with Crippen molar-refractivity contribution >= 4 is 10.0 Å². The second-order valence-corrected chi connectivity index (χ2v) is 7.56. The van der Waals surface area contributed by atoms with E-state index >= 15 is 0 Å². The van der Waals surface area contributed by atoms with E-state index in [1.807, 2.05) is 14.0 Å². The molecule has 2 aromatic rings. The smallest absolute Gasteiger partial charge is 0.217 e. The van der Waals surface area contributed by atoms with Crippen LogP contribution < -0.4 is 4.72 Å². The van der Waals surface area contributed by atoms with E-state index in [2.05, 4.69) is 15.0 Å². The molecule has 1 N–H and O–H groups in total. The molecule has 0 radical (unpaired) electrons. The topological polar surface area (TPSA) is 99.2 Å². The van der Waals surface area contributed by atoms with Crippen LogP contribution in [0.2, 0.25) is 0 Å². The van der Waals surface area contributed by atoms with Gasteiger partial charge in [0.15, 0.2) is 0 Å². The lowest BCUT2D eigenvalue weighted by atomic mass is 10.0. The molecule has 3 rings (SSSR count). The lowest BCUT2D eigenvalue weighted by Gasteiger charge is -2.19. The van der Waals surface area contributed by atoms with Crippen LogP contribution in [0.1, 0.15) is 35.2 Å². The van der Waals surface area contributed by atoms with E-state index in [0.717, 1.165) is 11.3 Å². The van der Waals surface area contributed by atoms with E-state index in [1.165, 1.54) is 0 Å². The maximum absolute atomic E-state index is 12.4. The fraction of sp³-hybridized carbons (Fsp3) is 0.571. The highest BCUT2D eigenvalue weighted by Gasteiger charge is 2.35. The molecule has 0 amide bonds. The van der Waals surface area contributed by atoms with Crippen molar-refractivity contribution < 1.29 is 17.7 Å². The predicted octanol–water partition coefficient (Wildman–Crippen LogP) is 0.975. The Balaban J connectivity index is 1.74. The van der Waals surface area contributed by atoms with Crippen molar-refractivity contribution in [1.82, 2.24) is 19.7 Å². The first-order valence-corrected chi connectivity index (χ1v) is 9.03. The molecule has 1 fully saturated rings. The van der Waals surface area contributed by atoms with Crippen molar-refractivity contribution in [2.75, 3.05) is 6.61 Å². The highest BCUT2D eigenvalue weighted by Crippen LogP contribution is 2.31. The average molecular weight is 340 g/mol. The number of nitrogens with zero attached hydrogens (tertiary/aromatic N) is 3. The zero-order valence-corrected chi connectivity index (χ0v) is 14.1. The maximum Gasteiger partial charge on any atom is 0.217 e. The molecular formula is C14H20N4O4S. The van der Waals surface area contributed by atoms with Gasteiger partial charge in [-0.3, -0.25) is 4.68 Å². The van der Waals surface area contributed by atoms with Gasteiger partial charge in [0.05, 0.1) is 12.2 Å². The number of nitrogens with one attached hydrogen (secondary N) is 1. The summed E-state index contributed by atoms with van der Waals surface area (Å²) in [5.41, 5.74) is 2.27. The molecule has 0 bridgehead atoms. The van der Waals surface area contributed by atoms with Crippen molar-refractivity contribution in [1.29, 1.82) is 0 Å². The molecule has 23 heavy (non-hydrogen) atoms. The highest BCUT2D eigenvalue weighted by molar-refractivity contribution is 7.88. The van der Waals surface area contributed by atoms with Gasteiger partial charge in [0, 0.05) is 31.0 Å². The Bertz CT molecular complexity index is 796. The van der Waals surface area contributed by atoms with E-state index in [9.17, 15) is 8.42 Å². The van der Waals surface area contributed by atoms with Crippen LogP contribution in [0.15, 0.2) is 16.8 Å². The Labute approximate surface area is 134 Å². The monoisotopic (exact) mass is 340 g/mol. The minimum atomic E-state index is -3.53. The average Bonchev–Trinajstić information content (AvgIpc) is 3.14. The molecule has 0 saturated carbocycles. The summed E-state index contributed by atoms with van der Waals surface area (Å²) in [5, 5.41) is 7.93. The van der Waals surface area contributed by atoms with Crippen LogP contribution in [0, 0.1) is 13.8 Å². The number of ether oxygens (including phenoxy) is 1. The summed E-state index contributed by atoms with van der Waals surface area (Å²) in [7, 11) is -1.68. The zero-order valence-electron chi connectivity index (χ0n) is 13.3. The largest absolute Gasteiger partial charge is 0.372 e. The number of aryl methyl sites for hydroxylation is 2. The van der Waals surface area contributed by atoms with E-state index in [4.69, 9.17) is 9.26 Å². The normalized spacial score (nSPS) is 21.9. The van der Waals surface area contributed by atoms with E-state index in [0.29, 0.717) is 24.5 Å². The Kier molecular flexibility index (Phi) is 4.26. The first-order chi connectivity index (χ1) is 10.9. The van der Waals surface area contributed by atoms with Gasteiger partial charge in [-0.1, -0.05) is 5.16 Å². The van der Waals surface area contributed by atoms with Crippen LogP contribution in [0.3, 0.4) is 0 Å². The van der Waals surface area contributed by atoms with Crippen molar-refractivity contribution in [3.63, 3.8) is 0 Å².